The first-order valence-corrected chi connectivity index (χ1v) is 6.44. The maximum absolute atomic E-state index is 5.72. The molecule has 1 fully saturated rings. The van der Waals surface area contributed by atoms with Gasteiger partial charge in [-0.15, -0.1) is 0 Å². The molecule has 1 aliphatic rings. The summed E-state index contributed by atoms with van der Waals surface area (Å²) in [5.74, 6) is 0. The Bertz CT molecular complexity index is 529. The minimum absolute atomic E-state index is 0.0947. The zero-order chi connectivity index (χ0) is 12.4. The van der Waals surface area contributed by atoms with E-state index in [0.29, 0.717) is 0 Å². The molecule has 0 radical (unpaired) electrons. The van der Waals surface area contributed by atoms with E-state index < -0.39 is 0 Å². The highest BCUT2D eigenvalue weighted by atomic mass is 16.5. The maximum atomic E-state index is 5.72. The van der Waals surface area contributed by atoms with Crippen LogP contribution in [-0.2, 0) is 4.74 Å². The van der Waals surface area contributed by atoms with Gasteiger partial charge in [0.2, 0.25) is 0 Å². The van der Waals surface area contributed by atoms with Crippen LogP contribution in [-0.4, -0.2) is 21.4 Å². The molecule has 2 aromatic rings. The fraction of sp³-hybridized carbons (Fsp3) is 0.429. The molecule has 0 amide bonds. The van der Waals surface area contributed by atoms with Crippen LogP contribution in [0.2, 0.25) is 0 Å². The minimum atomic E-state index is 0.0947. The third-order valence-electron chi connectivity index (χ3n) is 3.21. The molecular formula is C14H17N3O. The van der Waals surface area contributed by atoms with Crippen molar-refractivity contribution in [2.75, 3.05) is 6.61 Å². The fourth-order valence-electron chi connectivity index (χ4n) is 2.25. The molecule has 4 nitrogen and oxygen atoms in total. The summed E-state index contributed by atoms with van der Waals surface area (Å²) in [7, 11) is 0. The van der Waals surface area contributed by atoms with Crippen LogP contribution in [0.25, 0.3) is 11.4 Å². The van der Waals surface area contributed by atoms with Gasteiger partial charge in [-0.3, -0.25) is 4.98 Å². The maximum Gasteiger partial charge on any atom is 0.150 e. The molecule has 1 atom stereocenters. The molecular weight excluding hydrogens is 226 g/mol. The summed E-state index contributed by atoms with van der Waals surface area (Å²) in [6, 6.07) is 7.99. The smallest absolute Gasteiger partial charge is 0.150 e. The second-order valence-corrected chi connectivity index (χ2v) is 4.67. The molecule has 2 aromatic heterocycles. The van der Waals surface area contributed by atoms with Crippen molar-refractivity contribution in [3.05, 3.63) is 36.2 Å². The second kappa shape index (κ2) is 4.90. The molecule has 18 heavy (non-hydrogen) atoms. The molecule has 3 rings (SSSR count). The van der Waals surface area contributed by atoms with Gasteiger partial charge in [-0.1, -0.05) is 6.07 Å². The zero-order valence-corrected chi connectivity index (χ0v) is 10.5. The van der Waals surface area contributed by atoms with Crippen molar-refractivity contribution in [3.8, 4) is 11.4 Å². The number of ether oxygens (including phenoxy) is 1. The normalized spacial score (nSPS) is 19.9. The van der Waals surface area contributed by atoms with Gasteiger partial charge in [0.05, 0.1) is 5.69 Å². The fourth-order valence-corrected chi connectivity index (χ4v) is 2.25. The molecule has 0 aliphatic carbocycles. The molecule has 0 bridgehead atoms. The Morgan fingerprint density at radius 3 is 2.94 bits per heavy atom. The lowest BCUT2D eigenvalue weighted by molar-refractivity contribution is -0.0393. The monoisotopic (exact) mass is 243 g/mol. The van der Waals surface area contributed by atoms with E-state index in [0.717, 1.165) is 36.5 Å². The molecule has 4 heteroatoms. The quantitative estimate of drug-likeness (QED) is 0.814. The Morgan fingerprint density at radius 1 is 1.22 bits per heavy atom. The Morgan fingerprint density at radius 2 is 2.17 bits per heavy atom. The zero-order valence-electron chi connectivity index (χ0n) is 10.5. The SMILES string of the molecule is Cc1cccc(-c2ccn(C3CCCCO3)n2)n1. The number of aromatic nitrogens is 3. The van der Waals surface area contributed by atoms with E-state index in [1.54, 1.807) is 0 Å². The molecule has 94 valence electrons. The van der Waals surface area contributed by atoms with Gasteiger partial charge in [-0.05, 0) is 44.4 Å². The topological polar surface area (TPSA) is 39.9 Å². The molecule has 1 unspecified atom stereocenters. The van der Waals surface area contributed by atoms with E-state index in [1.807, 2.05) is 42.1 Å². The van der Waals surface area contributed by atoms with E-state index >= 15 is 0 Å². The summed E-state index contributed by atoms with van der Waals surface area (Å²) in [5.41, 5.74) is 2.84. The van der Waals surface area contributed by atoms with Gasteiger partial charge in [0.25, 0.3) is 0 Å². The van der Waals surface area contributed by atoms with Crippen molar-refractivity contribution in [1.29, 1.82) is 0 Å². The average Bonchev–Trinajstić information content (AvgIpc) is 2.89. The van der Waals surface area contributed by atoms with Crippen LogP contribution < -0.4 is 0 Å². The molecule has 1 aliphatic heterocycles. The molecule has 0 N–H and O–H groups in total. The summed E-state index contributed by atoms with van der Waals surface area (Å²) in [4.78, 5) is 4.49. The van der Waals surface area contributed by atoms with Crippen LogP contribution in [0.1, 0.15) is 31.2 Å². The molecule has 0 spiro atoms. The molecule has 0 saturated carbocycles. The predicted octanol–water partition coefficient (Wildman–Crippen LogP) is 2.95. The lowest BCUT2D eigenvalue weighted by Crippen LogP contribution is -2.18. The average molecular weight is 243 g/mol. The van der Waals surface area contributed by atoms with E-state index in [2.05, 4.69) is 10.1 Å². The lowest BCUT2D eigenvalue weighted by atomic mass is 10.2. The first kappa shape index (κ1) is 11.4. The summed E-state index contributed by atoms with van der Waals surface area (Å²) in [5, 5.41) is 4.57. The van der Waals surface area contributed by atoms with Gasteiger partial charge in [0.1, 0.15) is 11.9 Å². The third kappa shape index (κ3) is 2.29. The third-order valence-corrected chi connectivity index (χ3v) is 3.21. The molecule has 1 saturated heterocycles. The van der Waals surface area contributed by atoms with Crippen molar-refractivity contribution in [3.63, 3.8) is 0 Å². The van der Waals surface area contributed by atoms with Crippen LogP contribution in [0.4, 0.5) is 0 Å². The first-order valence-electron chi connectivity index (χ1n) is 6.44. The Hall–Kier alpha value is -1.68. The number of aryl methyl sites for hydroxylation is 1. The number of pyridine rings is 1. The Labute approximate surface area is 107 Å². The highest BCUT2D eigenvalue weighted by Crippen LogP contribution is 2.23. The van der Waals surface area contributed by atoms with E-state index in [4.69, 9.17) is 4.74 Å². The predicted molar refractivity (Wildman–Crippen MR) is 69.0 cm³/mol. The summed E-state index contributed by atoms with van der Waals surface area (Å²) >= 11 is 0. The van der Waals surface area contributed by atoms with Crippen molar-refractivity contribution in [2.24, 2.45) is 0 Å². The number of nitrogens with zero attached hydrogens (tertiary/aromatic N) is 3. The number of hydrogen-bond acceptors (Lipinski definition) is 3. The summed E-state index contributed by atoms with van der Waals surface area (Å²) in [6.07, 6.45) is 5.49. The van der Waals surface area contributed by atoms with E-state index in [1.165, 1.54) is 6.42 Å². The van der Waals surface area contributed by atoms with Crippen LogP contribution >= 0.6 is 0 Å². The molecule has 3 heterocycles. The second-order valence-electron chi connectivity index (χ2n) is 4.67. The van der Waals surface area contributed by atoms with Gasteiger partial charge >= 0.3 is 0 Å². The van der Waals surface area contributed by atoms with Crippen LogP contribution in [0.15, 0.2) is 30.5 Å². The Kier molecular flexibility index (Phi) is 3.11. The standard InChI is InChI=1S/C14H17N3O/c1-11-5-4-6-12(15-11)13-8-9-17(16-13)14-7-2-3-10-18-14/h4-6,8-9,14H,2-3,7,10H2,1H3. The Balaban J connectivity index is 1.84. The lowest BCUT2D eigenvalue weighted by Gasteiger charge is -2.22. The summed E-state index contributed by atoms with van der Waals surface area (Å²) in [6.45, 7) is 2.83. The van der Waals surface area contributed by atoms with Gasteiger partial charge in [0, 0.05) is 18.5 Å². The van der Waals surface area contributed by atoms with E-state index in [-0.39, 0.29) is 6.23 Å². The van der Waals surface area contributed by atoms with Gasteiger partial charge in [-0.25, -0.2) is 4.68 Å². The largest absolute Gasteiger partial charge is 0.357 e. The number of rotatable bonds is 2. The summed E-state index contributed by atoms with van der Waals surface area (Å²) < 4.78 is 7.63. The van der Waals surface area contributed by atoms with Gasteiger partial charge in [0.15, 0.2) is 0 Å². The van der Waals surface area contributed by atoms with Crippen LogP contribution in [0.3, 0.4) is 0 Å². The van der Waals surface area contributed by atoms with Gasteiger partial charge < -0.3 is 4.74 Å². The van der Waals surface area contributed by atoms with Crippen molar-refractivity contribution < 1.29 is 4.74 Å². The van der Waals surface area contributed by atoms with Gasteiger partial charge in [-0.2, -0.15) is 5.10 Å². The highest BCUT2D eigenvalue weighted by molar-refractivity contribution is 5.53. The van der Waals surface area contributed by atoms with E-state index in [9.17, 15) is 0 Å². The highest BCUT2D eigenvalue weighted by Gasteiger charge is 2.16. The van der Waals surface area contributed by atoms with Crippen molar-refractivity contribution in [1.82, 2.24) is 14.8 Å². The minimum Gasteiger partial charge on any atom is -0.357 e. The van der Waals surface area contributed by atoms with Crippen LogP contribution in [0, 0.1) is 6.92 Å². The van der Waals surface area contributed by atoms with Crippen molar-refractivity contribution in [2.45, 2.75) is 32.4 Å². The number of hydrogen-bond donors (Lipinski definition) is 0. The van der Waals surface area contributed by atoms with Crippen molar-refractivity contribution >= 4 is 0 Å². The first-order chi connectivity index (χ1) is 8.83. The molecule has 0 aromatic carbocycles. The van der Waals surface area contributed by atoms with Crippen LogP contribution in [0.5, 0.6) is 0 Å².